The van der Waals surface area contributed by atoms with Crippen LogP contribution in [0.2, 0.25) is 0 Å². The maximum absolute atomic E-state index is 13.0. The Morgan fingerprint density at radius 1 is 0.216 bits per heavy atom. The number of allylic oxidation sites excluding steroid dienone is 8. The number of hydrogen-bond acceptors (Lipinski definition) is 14. The molecule has 2 aromatic rings. The van der Waals surface area contributed by atoms with Crippen molar-refractivity contribution in [2.24, 2.45) is 0 Å². The summed E-state index contributed by atoms with van der Waals surface area (Å²) < 4.78 is 91.9. The molecule has 0 aliphatic carbocycles. The quantitative estimate of drug-likeness (QED) is 0.0150. The molecule has 2 aromatic carbocycles. The van der Waals surface area contributed by atoms with E-state index in [-0.39, 0.29) is 86.4 Å². The van der Waals surface area contributed by atoms with Crippen molar-refractivity contribution in [3.8, 4) is 0 Å². The Morgan fingerprint density at radius 2 is 0.352 bits per heavy atom. The molecule has 14 nitrogen and oxygen atoms in total. The van der Waals surface area contributed by atoms with Gasteiger partial charge in [0.05, 0.1) is 58.5 Å². The maximum Gasteiger partial charge on any atom is 2.00 e. The van der Waals surface area contributed by atoms with Gasteiger partial charge in [-0.2, -0.15) is 0 Å². The molecule has 0 saturated carbocycles. The van der Waals surface area contributed by atoms with Crippen LogP contribution in [0.4, 0.5) is 0 Å². The van der Waals surface area contributed by atoms with Crippen molar-refractivity contribution >= 4 is 81.9 Å². The van der Waals surface area contributed by atoms with Crippen LogP contribution in [0.25, 0.3) is 0 Å². The minimum Gasteiger partial charge on any atom is -0.744 e. The van der Waals surface area contributed by atoms with Crippen LogP contribution in [-0.2, 0) is 39.2 Å². The zero-order valence-corrected chi connectivity index (χ0v) is 84.7. The number of ether oxygens (including phenoxy) is 4. The fourth-order valence-electron chi connectivity index (χ4n) is 16.0. The van der Waals surface area contributed by atoms with Gasteiger partial charge in [-0.1, -0.05) is 436 Å². The zero-order valence-electron chi connectivity index (χ0n) is 80.9. The van der Waals surface area contributed by atoms with Gasteiger partial charge < -0.3 is 28.1 Å². The Hall–Kier alpha value is -3.64. The molecule has 0 aromatic heterocycles. The Kier molecular flexibility index (Phi) is 89.5. The van der Waals surface area contributed by atoms with E-state index in [0.29, 0.717) is 25.7 Å². The van der Waals surface area contributed by atoms with E-state index in [1.165, 1.54) is 346 Å². The van der Waals surface area contributed by atoms with E-state index in [1.54, 1.807) is 0 Å². The number of carbonyl (C=O) groups excluding carboxylic acids is 4. The van der Waals surface area contributed by atoms with E-state index < -0.39 is 53.9 Å². The second-order valence-electron chi connectivity index (χ2n) is 35.7. The number of benzene rings is 2. The smallest absolute Gasteiger partial charge is 0.744 e. The predicted molar refractivity (Wildman–Crippen MR) is 526 cm³/mol. The molecular weight excluding hydrogens is 1630 g/mol. The maximum atomic E-state index is 13.0. The third-order valence-corrected chi connectivity index (χ3v) is 25.7. The molecule has 0 spiro atoms. The van der Waals surface area contributed by atoms with Crippen LogP contribution in [0.15, 0.2) is 94.8 Å². The normalized spacial score (nSPS) is 11.8. The molecule has 716 valence electrons. The van der Waals surface area contributed by atoms with Gasteiger partial charge in [0.25, 0.3) is 0 Å². The summed E-state index contributed by atoms with van der Waals surface area (Å²) in [5, 5.41) is 0. The number of esters is 4. The first-order valence-corrected chi connectivity index (χ1v) is 54.9. The second kappa shape index (κ2) is 92.2. The first-order valence-electron chi connectivity index (χ1n) is 52.1. The molecule has 0 radical (unpaired) electrons. The van der Waals surface area contributed by atoms with Crippen molar-refractivity contribution in [3.05, 3.63) is 107 Å². The molecule has 0 aliphatic rings. The average Bonchev–Trinajstić information content (AvgIpc) is 0.812. The van der Waals surface area contributed by atoms with Gasteiger partial charge in [0.1, 0.15) is 20.2 Å². The van der Waals surface area contributed by atoms with E-state index in [2.05, 4.69) is 76.3 Å². The molecule has 17 heteroatoms. The fraction of sp³-hybridized carbons (Fsp3) is 0.778. The van der Waals surface area contributed by atoms with Crippen molar-refractivity contribution in [2.45, 2.75) is 525 Å². The predicted octanol–water partition coefficient (Wildman–Crippen LogP) is 33.4. The van der Waals surface area contributed by atoms with Crippen LogP contribution < -0.4 is 0 Å². The molecule has 0 fully saturated rings. The number of rotatable bonds is 90. The van der Waals surface area contributed by atoms with Crippen LogP contribution in [-0.4, -0.2) is 114 Å². The van der Waals surface area contributed by atoms with Crippen LogP contribution in [0.1, 0.15) is 557 Å². The van der Waals surface area contributed by atoms with E-state index in [1.807, 2.05) is 0 Å². The van der Waals surface area contributed by atoms with Crippen LogP contribution in [0.3, 0.4) is 0 Å². The molecule has 0 unspecified atom stereocenters. The summed E-state index contributed by atoms with van der Waals surface area (Å²) in [5.41, 5.74) is -0.708. The standard InChI is InChI=1S/2C54H94O7S.Ca/c2*1-3-5-7-9-11-13-15-17-19-21-23-25-27-29-31-33-35-37-39-41-43-47-60-53(55)51-46-45-50(62(57,58)59)49-52(51)54(56)61-48-44-42-40-38-36-34-32-30-28-26-24-22-20-18-16-14-12-10-8-6-4-2;/h2*31-34,45-46,49H,3-30,35-44,47-48H2,1-2H3,(H,57,58,59);/q;;+2/p-2/b2*33-31+,34-32+;. The van der Waals surface area contributed by atoms with Gasteiger partial charge in [-0.15, -0.1) is 0 Å². The van der Waals surface area contributed by atoms with Crippen molar-refractivity contribution in [1.29, 1.82) is 0 Å². The SMILES string of the molecule is CCCCCCCCCCCCCCC/C=C/CCCCCCOC(=O)c1ccc(S(=O)(=O)[O-])cc1C(=O)OCCCCCC/C=C/CCCCCCCCCCCCCCC.CCCCCCCCCCCCCCC/C=C/CCCCCCOC(=O)c1ccc(S(=O)(=O)[O-])cc1C(=O)OCCCCCC/C=C/CCCCCCCCCCCCCCC.[Ca+2]. The van der Waals surface area contributed by atoms with Crippen molar-refractivity contribution < 1.29 is 64.1 Å². The number of hydrogen-bond donors (Lipinski definition) is 0. The number of unbranched alkanes of at least 4 members (excludes halogenated alkanes) is 68. The summed E-state index contributed by atoms with van der Waals surface area (Å²) in [6.45, 7) is 9.77. The van der Waals surface area contributed by atoms with Gasteiger partial charge in [-0.05, 0) is 165 Å². The summed E-state index contributed by atoms with van der Waals surface area (Å²) in [4.78, 5) is 50.7. The van der Waals surface area contributed by atoms with E-state index in [0.717, 1.165) is 153 Å². The molecule has 2 rings (SSSR count). The van der Waals surface area contributed by atoms with Crippen LogP contribution in [0, 0.1) is 0 Å². The molecule has 0 heterocycles. The van der Waals surface area contributed by atoms with Crippen molar-refractivity contribution in [3.63, 3.8) is 0 Å². The molecule has 125 heavy (non-hydrogen) atoms. The van der Waals surface area contributed by atoms with Gasteiger partial charge >= 0.3 is 61.6 Å². The monoisotopic (exact) mass is 1810 g/mol. The van der Waals surface area contributed by atoms with Gasteiger partial charge in [-0.25, -0.2) is 36.0 Å². The molecule has 0 bridgehead atoms. The van der Waals surface area contributed by atoms with Crippen LogP contribution in [0.5, 0.6) is 0 Å². The second-order valence-corrected chi connectivity index (χ2v) is 38.4. The Balaban J connectivity index is 0.00000244. The number of carbonyl (C=O) groups is 4. The summed E-state index contributed by atoms with van der Waals surface area (Å²) in [6.07, 6.45) is 113. The molecule has 0 aliphatic heterocycles. The summed E-state index contributed by atoms with van der Waals surface area (Å²) in [5.74, 6) is -3.13. The minimum absolute atomic E-state index is 0. The summed E-state index contributed by atoms with van der Waals surface area (Å²) in [6, 6.07) is 6.27. The van der Waals surface area contributed by atoms with E-state index >= 15 is 0 Å². The van der Waals surface area contributed by atoms with E-state index in [4.69, 9.17) is 18.9 Å². The first kappa shape index (κ1) is 121. The summed E-state index contributed by atoms with van der Waals surface area (Å²) in [7, 11) is -9.65. The van der Waals surface area contributed by atoms with Crippen molar-refractivity contribution in [1.82, 2.24) is 0 Å². The molecule has 0 N–H and O–H groups in total. The minimum atomic E-state index is -4.83. The van der Waals surface area contributed by atoms with Gasteiger partial charge in [0, 0.05) is 0 Å². The van der Waals surface area contributed by atoms with Crippen molar-refractivity contribution in [2.75, 3.05) is 26.4 Å². The first-order chi connectivity index (χ1) is 60.6. The largest absolute Gasteiger partial charge is 2.00 e. The Bertz CT molecular complexity index is 2950. The Morgan fingerprint density at radius 3 is 0.504 bits per heavy atom. The molecule has 0 saturated heterocycles. The molecule has 0 amide bonds. The third-order valence-electron chi connectivity index (χ3n) is 24.0. The summed E-state index contributed by atoms with van der Waals surface area (Å²) >= 11 is 0. The van der Waals surface area contributed by atoms with Gasteiger partial charge in [0.15, 0.2) is 0 Å². The molecular formula is C108H186CaO14S2. The van der Waals surface area contributed by atoms with Crippen LogP contribution >= 0.6 is 0 Å². The Labute approximate surface area is 798 Å². The average molecular weight is 1810 g/mol. The van der Waals surface area contributed by atoms with E-state index in [9.17, 15) is 45.1 Å². The van der Waals surface area contributed by atoms with Gasteiger partial charge in [-0.3, -0.25) is 0 Å². The zero-order chi connectivity index (χ0) is 90.1. The third kappa shape index (κ3) is 78.7. The molecule has 0 atom stereocenters. The van der Waals surface area contributed by atoms with Gasteiger partial charge in [0.2, 0.25) is 0 Å². The fourth-order valence-corrected chi connectivity index (χ4v) is 16.9. The topological polar surface area (TPSA) is 220 Å².